The molecule has 0 bridgehead atoms. The summed E-state index contributed by atoms with van der Waals surface area (Å²) in [6.45, 7) is 4.46. The van der Waals surface area contributed by atoms with Crippen LogP contribution in [0.5, 0.6) is 0 Å². The molecule has 7 heteroatoms. The third-order valence-corrected chi connectivity index (χ3v) is 7.46. The number of amides is 2. The number of hydrogen-bond donors (Lipinski definition) is 0. The summed E-state index contributed by atoms with van der Waals surface area (Å²) in [6, 6.07) is 14.7. The summed E-state index contributed by atoms with van der Waals surface area (Å²) in [7, 11) is 0. The summed E-state index contributed by atoms with van der Waals surface area (Å²) >= 11 is 7.78. The molecule has 4 nitrogen and oxygen atoms in total. The van der Waals surface area contributed by atoms with Crippen molar-refractivity contribution >= 4 is 34.8 Å². The average molecular weight is 485 g/mol. The highest BCUT2D eigenvalue weighted by Gasteiger charge is 2.34. The molecule has 2 heterocycles. The van der Waals surface area contributed by atoms with Crippen LogP contribution in [0.1, 0.15) is 52.7 Å². The monoisotopic (exact) mass is 484 g/mol. The van der Waals surface area contributed by atoms with Gasteiger partial charge in [0.15, 0.2) is 0 Å². The number of carbonyl (C=O) groups excluding carboxylic acids is 2. The van der Waals surface area contributed by atoms with E-state index in [4.69, 9.17) is 11.6 Å². The minimum absolute atomic E-state index is 0.0302. The lowest BCUT2D eigenvalue weighted by molar-refractivity contribution is -0.134. The van der Waals surface area contributed by atoms with Crippen LogP contribution >= 0.6 is 22.9 Å². The van der Waals surface area contributed by atoms with E-state index in [1.807, 2.05) is 30.2 Å². The van der Waals surface area contributed by atoms with Gasteiger partial charge in [-0.05, 0) is 72.7 Å². The molecule has 4 rings (SSSR count). The molecule has 0 radical (unpaired) electrons. The van der Waals surface area contributed by atoms with Gasteiger partial charge in [0.25, 0.3) is 5.91 Å². The van der Waals surface area contributed by atoms with Crippen LogP contribution in [0.25, 0.3) is 0 Å². The van der Waals surface area contributed by atoms with Crippen LogP contribution in [0.3, 0.4) is 0 Å². The van der Waals surface area contributed by atoms with Crippen LogP contribution in [0.15, 0.2) is 60.0 Å². The van der Waals surface area contributed by atoms with E-state index in [0.717, 1.165) is 24.0 Å². The summed E-state index contributed by atoms with van der Waals surface area (Å²) in [4.78, 5) is 31.7. The van der Waals surface area contributed by atoms with E-state index in [2.05, 4.69) is 0 Å². The Hall–Kier alpha value is -2.70. The SMILES string of the molecule is CCC(C)N(CC(=O)N1CCc2sccc2C1c1ccc(F)cc1)C(=O)c1cccc(Cl)c1. The molecule has 0 fully saturated rings. The fraction of sp³-hybridized carbons (Fsp3) is 0.308. The van der Waals surface area contributed by atoms with Gasteiger partial charge in [-0.2, -0.15) is 0 Å². The largest absolute Gasteiger partial charge is 0.330 e. The standard InChI is InChI=1S/C26H26ClFN2O2S/c1-3-17(2)30(26(32)19-5-4-6-20(27)15-19)16-24(31)29-13-11-23-22(12-14-33-23)25(29)18-7-9-21(28)10-8-18/h4-10,12,14-15,17,25H,3,11,13,16H2,1-2H3. The van der Waals surface area contributed by atoms with E-state index in [9.17, 15) is 14.0 Å². The maximum atomic E-state index is 13.6. The highest BCUT2D eigenvalue weighted by Crippen LogP contribution is 2.38. The first-order valence-electron chi connectivity index (χ1n) is 11.1. The number of hydrogen-bond acceptors (Lipinski definition) is 3. The molecule has 0 saturated heterocycles. The molecular weight excluding hydrogens is 459 g/mol. The molecule has 3 aromatic rings. The molecule has 172 valence electrons. The van der Waals surface area contributed by atoms with Crippen LogP contribution < -0.4 is 0 Å². The van der Waals surface area contributed by atoms with E-state index < -0.39 is 0 Å². The van der Waals surface area contributed by atoms with Crippen LogP contribution in [-0.2, 0) is 11.2 Å². The molecule has 2 amide bonds. The maximum Gasteiger partial charge on any atom is 0.254 e. The molecule has 2 aromatic carbocycles. The average Bonchev–Trinajstić information content (AvgIpc) is 3.30. The molecule has 0 spiro atoms. The molecular formula is C26H26ClFN2O2S. The zero-order valence-electron chi connectivity index (χ0n) is 18.6. The fourth-order valence-electron chi connectivity index (χ4n) is 4.26. The zero-order chi connectivity index (χ0) is 23.5. The van der Waals surface area contributed by atoms with Crippen molar-refractivity contribution in [3.8, 4) is 0 Å². The number of carbonyl (C=O) groups is 2. The van der Waals surface area contributed by atoms with E-state index in [1.165, 1.54) is 17.0 Å². The summed E-state index contributed by atoms with van der Waals surface area (Å²) < 4.78 is 13.6. The number of fused-ring (bicyclic) bond motifs is 1. The number of nitrogens with zero attached hydrogens (tertiary/aromatic N) is 2. The number of thiophene rings is 1. The van der Waals surface area contributed by atoms with Gasteiger partial charge in [-0.3, -0.25) is 9.59 Å². The molecule has 33 heavy (non-hydrogen) atoms. The Kier molecular flexibility index (Phi) is 7.15. The minimum atomic E-state index is -0.312. The first-order chi connectivity index (χ1) is 15.9. The Morgan fingerprint density at radius 2 is 1.97 bits per heavy atom. The maximum absolute atomic E-state index is 13.6. The second-order valence-electron chi connectivity index (χ2n) is 8.29. The molecule has 1 aliphatic rings. The van der Waals surface area contributed by atoms with Crippen LogP contribution in [0.2, 0.25) is 5.02 Å². The van der Waals surface area contributed by atoms with Crippen molar-refractivity contribution < 1.29 is 14.0 Å². The van der Waals surface area contributed by atoms with Gasteiger partial charge in [-0.25, -0.2) is 4.39 Å². The number of halogens is 2. The minimum Gasteiger partial charge on any atom is -0.330 e. The lowest BCUT2D eigenvalue weighted by Gasteiger charge is -2.38. The summed E-state index contributed by atoms with van der Waals surface area (Å²) in [5, 5.41) is 2.51. The van der Waals surface area contributed by atoms with Crippen molar-refractivity contribution in [3.63, 3.8) is 0 Å². The van der Waals surface area contributed by atoms with Crippen LogP contribution in [0.4, 0.5) is 4.39 Å². The molecule has 2 unspecified atom stereocenters. The van der Waals surface area contributed by atoms with Crippen molar-refractivity contribution in [2.24, 2.45) is 0 Å². The van der Waals surface area contributed by atoms with Crippen molar-refractivity contribution in [3.05, 3.63) is 92.4 Å². The fourth-order valence-corrected chi connectivity index (χ4v) is 5.36. The van der Waals surface area contributed by atoms with Crippen molar-refractivity contribution in [1.29, 1.82) is 0 Å². The van der Waals surface area contributed by atoms with Gasteiger partial charge < -0.3 is 9.80 Å². The second-order valence-corrected chi connectivity index (χ2v) is 9.73. The summed E-state index contributed by atoms with van der Waals surface area (Å²) in [6.07, 6.45) is 1.48. The van der Waals surface area contributed by atoms with E-state index in [-0.39, 0.29) is 36.3 Å². The zero-order valence-corrected chi connectivity index (χ0v) is 20.2. The topological polar surface area (TPSA) is 40.6 Å². The highest BCUT2D eigenvalue weighted by molar-refractivity contribution is 7.10. The molecule has 1 aliphatic heterocycles. The Balaban J connectivity index is 1.64. The first-order valence-corrected chi connectivity index (χ1v) is 12.3. The summed E-state index contributed by atoms with van der Waals surface area (Å²) in [5.74, 6) is -0.656. The van der Waals surface area contributed by atoms with E-state index in [0.29, 0.717) is 17.1 Å². The summed E-state index contributed by atoms with van der Waals surface area (Å²) in [5.41, 5.74) is 2.40. The first kappa shape index (κ1) is 23.5. The van der Waals surface area contributed by atoms with Gasteiger partial charge in [-0.1, -0.05) is 36.7 Å². The Bertz CT molecular complexity index is 1150. The molecule has 0 saturated carbocycles. The van der Waals surface area contributed by atoms with E-state index in [1.54, 1.807) is 52.6 Å². The van der Waals surface area contributed by atoms with Gasteiger partial charge in [-0.15, -0.1) is 11.3 Å². The van der Waals surface area contributed by atoms with Crippen molar-refractivity contribution in [2.75, 3.05) is 13.1 Å². The van der Waals surface area contributed by atoms with Crippen molar-refractivity contribution in [1.82, 2.24) is 9.80 Å². The number of rotatable bonds is 6. The Morgan fingerprint density at radius 1 is 1.21 bits per heavy atom. The quantitative estimate of drug-likeness (QED) is 0.433. The Morgan fingerprint density at radius 3 is 2.67 bits per heavy atom. The number of benzene rings is 2. The van der Waals surface area contributed by atoms with Gasteiger partial charge in [0.2, 0.25) is 5.91 Å². The van der Waals surface area contributed by atoms with Gasteiger partial charge in [0, 0.05) is 28.0 Å². The smallest absolute Gasteiger partial charge is 0.254 e. The second kappa shape index (κ2) is 10.1. The van der Waals surface area contributed by atoms with Crippen molar-refractivity contribution in [2.45, 2.75) is 38.8 Å². The van der Waals surface area contributed by atoms with E-state index >= 15 is 0 Å². The normalized spacial score (nSPS) is 16.2. The predicted molar refractivity (Wildman–Crippen MR) is 130 cm³/mol. The molecule has 1 aromatic heterocycles. The van der Waals surface area contributed by atoms with Gasteiger partial charge in [0.05, 0.1) is 6.04 Å². The lowest BCUT2D eigenvalue weighted by atomic mass is 9.93. The third kappa shape index (κ3) is 4.97. The van der Waals surface area contributed by atoms with Crippen LogP contribution in [0, 0.1) is 5.82 Å². The Labute approximate surface area is 202 Å². The van der Waals surface area contributed by atoms with Gasteiger partial charge >= 0.3 is 0 Å². The van der Waals surface area contributed by atoms with Gasteiger partial charge in [0.1, 0.15) is 12.4 Å². The molecule has 0 N–H and O–H groups in total. The highest BCUT2D eigenvalue weighted by atomic mass is 35.5. The third-order valence-electron chi connectivity index (χ3n) is 6.23. The molecule has 0 aliphatic carbocycles. The molecule has 2 atom stereocenters. The predicted octanol–water partition coefficient (Wildman–Crippen LogP) is 5.96. The lowest BCUT2D eigenvalue weighted by Crippen LogP contribution is -2.49. The van der Waals surface area contributed by atoms with Crippen LogP contribution in [-0.4, -0.2) is 40.7 Å².